The van der Waals surface area contributed by atoms with Gasteiger partial charge in [0.05, 0.1) is 31.2 Å². The Kier molecular flexibility index (Phi) is 8.45. The van der Waals surface area contributed by atoms with Crippen molar-refractivity contribution in [3.63, 3.8) is 0 Å². The monoisotopic (exact) mass is 399 g/mol. The summed E-state index contributed by atoms with van der Waals surface area (Å²) in [6.45, 7) is 9.39. The molecule has 0 radical (unpaired) electrons. The first kappa shape index (κ1) is 21.6. The smallest absolute Gasteiger partial charge is 0.294 e. The maximum absolute atomic E-state index is 10.5. The van der Waals surface area contributed by atoms with Gasteiger partial charge in [0.1, 0.15) is 0 Å². The van der Waals surface area contributed by atoms with Gasteiger partial charge in [0, 0.05) is 19.6 Å². The molecule has 0 amide bonds. The Balaban J connectivity index is 0.000000208. The van der Waals surface area contributed by atoms with E-state index in [0.29, 0.717) is 0 Å². The van der Waals surface area contributed by atoms with Gasteiger partial charge in [-0.15, -0.1) is 0 Å². The molecule has 2 aliphatic heterocycles. The van der Waals surface area contributed by atoms with Gasteiger partial charge in [0.2, 0.25) is 5.96 Å². The van der Waals surface area contributed by atoms with Gasteiger partial charge in [-0.25, -0.2) is 5.84 Å². The van der Waals surface area contributed by atoms with Gasteiger partial charge < -0.3 is 10.1 Å². The van der Waals surface area contributed by atoms with E-state index in [1.165, 1.54) is 12.1 Å². The average molecular weight is 400 g/mol. The van der Waals surface area contributed by atoms with E-state index < -0.39 is 10.1 Å². The maximum atomic E-state index is 10.5. The van der Waals surface area contributed by atoms with E-state index in [1.54, 1.807) is 17.1 Å². The van der Waals surface area contributed by atoms with Gasteiger partial charge in [0.25, 0.3) is 10.1 Å². The number of nitrogens with zero attached hydrogens (tertiary/aromatic N) is 3. The highest BCUT2D eigenvalue weighted by Gasteiger charge is 2.13. The van der Waals surface area contributed by atoms with Crippen LogP contribution in [0.15, 0.2) is 34.2 Å². The van der Waals surface area contributed by atoms with Crippen molar-refractivity contribution >= 4 is 16.1 Å². The summed E-state index contributed by atoms with van der Waals surface area (Å²) in [4.78, 5) is 6.64. The van der Waals surface area contributed by atoms with Crippen molar-refractivity contribution in [2.24, 2.45) is 10.8 Å². The van der Waals surface area contributed by atoms with E-state index in [0.717, 1.165) is 70.4 Å². The number of aliphatic imine (C=N–C) groups is 1. The Morgan fingerprint density at radius 3 is 2.44 bits per heavy atom. The van der Waals surface area contributed by atoms with Crippen LogP contribution < -0.4 is 11.2 Å². The summed E-state index contributed by atoms with van der Waals surface area (Å²) in [5.41, 5.74) is 0.956. The van der Waals surface area contributed by atoms with Crippen LogP contribution in [0.1, 0.15) is 12.0 Å². The fourth-order valence-corrected chi connectivity index (χ4v) is 3.14. The third-order valence-corrected chi connectivity index (χ3v) is 5.10. The fraction of sp³-hybridized carbons (Fsp3) is 0.588. The molecular formula is C17H29N5O4S. The molecule has 0 unspecified atom stereocenters. The molecule has 0 bridgehead atoms. The zero-order valence-corrected chi connectivity index (χ0v) is 16.5. The molecule has 2 aliphatic rings. The largest absolute Gasteiger partial charge is 0.379 e. The summed E-state index contributed by atoms with van der Waals surface area (Å²) in [6, 6.07) is 5.99. The van der Waals surface area contributed by atoms with Crippen LogP contribution in [0.25, 0.3) is 0 Å². The lowest BCUT2D eigenvalue weighted by Crippen LogP contribution is -2.44. The van der Waals surface area contributed by atoms with Crippen LogP contribution in [0, 0.1) is 6.92 Å². The van der Waals surface area contributed by atoms with E-state index in [1.807, 2.05) is 6.92 Å². The van der Waals surface area contributed by atoms with Crippen LogP contribution in [-0.2, 0) is 14.9 Å². The number of nitrogens with one attached hydrogen (secondary N) is 1. The minimum absolute atomic E-state index is 0.0666. The number of hydrogen-bond acceptors (Lipinski definition) is 8. The van der Waals surface area contributed by atoms with Crippen LogP contribution in [-0.4, -0.2) is 81.3 Å². The molecule has 1 fully saturated rings. The van der Waals surface area contributed by atoms with Gasteiger partial charge in [-0.05, 0) is 32.0 Å². The van der Waals surface area contributed by atoms with Gasteiger partial charge in [-0.1, -0.05) is 17.7 Å². The molecule has 3 rings (SSSR count). The van der Waals surface area contributed by atoms with Crippen LogP contribution >= 0.6 is 0 Å². The molecule has 1 aromatic rings. The second-order valence-corrected chi connectivity index (χ2v) is 7.84. The van der Waals surface area contributed by atoms with Crippen molar-refractivity contribution < 1.29 is 17.7 Å². The Bertz CT molecular complexity index is 703. The van der Waals surface area contributed by atoms with Crippen LogP contribution in [0.3, 0.4) is 0 Å². The van der Waals surface area contributed by atoms with Crippen molar-refractivity contribution in [1.82, 2.24) is 15.2 Å². The zero-order chi connectivity index (χ0) is 19.7. The molecule has 0 aliphatic carbocycles. The van der Waals surface area contributed by atoms with Gasteiger partial charge in [-0.3, -0.25) is 19.5 Å². The van der Waals surface area contributed by atoms with Gasteiger partial charge in [-0.2, -0.15) is 8.42 Å². The number of nitrogens with two attached hydrogens (primary N) is 1. The highest BCUT2D eigenvalue weighted by molar-refractivity contribution is 7.85. The Morgan fingerprint density at radius 2 is 1.89 bits per heavy atom. The van der Waals surface area contributed by atoms with E-state index in [4.69, 9.17) is 15.1 Å². The molecule has 4 N–H and O–H groups in total. The second-order valence-electron chi connectivity index (χ2n) is 6.42. The summed E-state index contributed by atoms with van der Waals surface area (Å²) in [7, 11) is -4.02. The average Bonchev–Trinajstić information content (AvgIpc) is 3.05. The quantitative estimate of drug-likeness (QED) is 0.362. The summed E-state index contributed by atoms with van der Waals surface area (Å²) in [5, 5.41) is 4.94. The molecule has 1 saturated heterocycles. The van der Waals surface area contributed by atoms with Crippen molar-refractivity contribution in [3.8, 4) is 0 Å². The molecule has 27 heavy (non-hydrogen) atoms. The van der Waals surface area contributed by atoms with Crippen molar-refractivity contribution in [2.75, 3.05) is 52.5 Å². The number of ether oxygens (including phenoxy) is 1. The van der Waals surface area contributed by atoms with Crippen molar-refractivity contribution in [1.29, 1.82) is 0 Å². The molecular weight excluding hydrogens is 370 g/mol. The number of benzene rings is 1. The first-order valence-corrected chi connectivity index (χ1v) is 10.4. The zero-order valence-electron chi connectivity index (χ0n) is 15.7. The highest BCUT2D eigenvalue weighted by atomic mass is 32.2. The molecule has 2 heterocycles. The van der Waals surface area contributed by atoms with E-state index in [-0.39, 0.29) is 4.90 Å². The first-order valence-electron chi connectivity index (χ1n) is 9.01. The topological polar surface area (TPSA) is 120 Å². The predicted molar refractivity (Wildman–Crippen MR) is 104 cm³/mol. The molecule has 1 aromatic carbocycles. The number of rotatable bonds is 5. The number of aryl methyl sites for hydroxylation is 1. The van der Waals surface area contributed by atoms with E-state index in [2.05, 4.69) is 15.2 Å². The third kappa shape index (κ3) is 7.81. The van der Waals surface area contributed by atoms with Crippen molar-refractivity contribution in [2.45, 2.75) is 18.2 Å². The first-order chi connectivity index (χ1) is 12.9. The Hall–Kier alpha value is -1.72. The standard InChI is InChI=1S/C10H21N5O.C7H8O3S/c11-15-5-3-13-10(15)12-2-1-4-14-6-8-16-9-7-14;1-6-2-4-7(5-3-6)11(8,9)10/h1-9,11H2,(H,12,13);2-5H,1H3,(H,8,9,10). The molecule has 9 nitrogen and oxygen atoms in total. The van der Waals surface area contributed by atoms with Crippen molar-refractivity contribution in [3.05, 3.63) is 29.8 Å². The Labute approximate surface area is 160 Å². The lowest BCUT2D eigenvalue weighted by atomic mass is 10.2. The third-order valence-electron chi connectivity index (χ3n) is 4.23. The lowest BCUT2D eigenvalue weighted by molar-refractivity contribution is 0.0376. The molecule has 0 spiro atoms. The van der Waals surface area contributed by atoms with E-state index in [9.17, 15) is 8.42 Å². The summed E-state index contributed by atoms with van der Waals surface area (Å²) in [6.07, 6.45) is 1.12. The Morgan fingerprint density at radius 1 is 1.22 bits per heavy atom. The normalized spacial score (nSPS) is 17.9. The molecule has 0 aromatic heterocycles. The second kappa shape index (κ2) is 10.6. The van der Waals surface area contributed by atoms with Crippen LogP contribution in [0.2, 0.25) is 0 Å². The molecule has 0 atom stereocenters. The number of hydrogen-bond donors (Lipinski definition) is 3. The minimum Gasteiger partial charge on any atom is -0.379 e. The lowest BCUT2D eigenvalue weighted by Gasteiger charge is -2.26. The number of guanidine groups is 1. The SMILES string of the molecule is Cc1ccc(S(=O)(=O)O)cc1.NN1CCN=C1NCCCN1CCOCC1. The molecule has 10 heteroatoms. The van der Waals surface area contributed by atoms with Crippen LogP contribution in [0.4, 0.5) is 0 Å². The van der Waals surface area contributed by atoms with Crippen LogP contribution in [0.5, 0.6) is 0 Å². The summed E-state index contributed by atoms with van der Waals surface area (Å²) < 4.78 is 34.9. The summed E-state index contributed by atoms with van der Waals surface area (Å²) in [5.74, 6) is 6.55. The minimum atomic E-state index is -4.02. The summed E-state index contributed by atoms with van der Waals surface area (Å²) >= 11 is 0. The maximum Gasteiger partial charge on any atom is 0.294 e. The predicted octanol–water partition coefficient (Wildman–Crippen LogP) is 0.0853. The molecule has 152 valence electrons. The van der Waals surface area contributed by atoms with Gasteiger partial charge in [0.15, 0.2) is 0 Å². The molecule has 0 saturated carbocycles. The van der Waals surface area contributed by atoms with Gasteiger partial charge >= 0.3 is 0 Å². The highest BCUT2D eigenvalue weighted by Crippen LogP contribution is 2.08. The fourth-order valence-electron chi connectivity index (χ4n) is 2.66. The number of morpholine rings is 1. The van der Waals surface area contributed by atoms with E-state index >= 15 is 0 Å². The number of hydrazine groups is 1.